The van der Waals surface area contributed by atoms with Crippen molar-refractivity contribution in [3.63, 3.8) is 0 Å². The zero-order valence-corrected chi connectivity index (χ0v) is 11.5. The molecule has 0 saturated heterocycles. The fourth-order valence-electron chi connectivity index (χ4n) is 3.22. The van der Waals surface area contributed by atoms with E-state index in [2.05, 4.69) is 30.6 Å². The molecule has 96 valence electrons. The first kappa shape index (κ1) is 12.5. The smallest absolute Gasteiger partial charge is 0.122 e. The number of hydrogen-bond acceptors (Lipinski definition) is 2. The van der Waals surface area contributed by atoms with Crippen molar-refractivity contribution in [3.8, 4) is 0 Å². The lowest BCUT2D eigenvalue weighted by Crippen LogP contribution is -2.33. The maximum atomic E-state index is 6.08. The van der Waals surface area contributed by atoms with Gasteiger partial charge in [0.25, 0.3) is 0 Å². The van der Waals surface area contributed by atoms with E-state index in [4.69, 9.17) is 5.73 Å². The van der Waals surface area contributed by atoms with Crippen LogP contribution in [0.2, 0.25) is 0 Å². The summed E-state index contributed by atoms with van der Waals surface area (Å²) in [7, 11) is 0. The standard InChI is InChI=1S/C14H25N3/c1-10-9-13(15)17(16-10)12-8-6-5-7-11(12)14(2,3)4/h9,11-12H,5-8,15H2,1-4H3. The van der Waals surface area contributed by atoms with E-state index in [1.165, 1.54) is 25.7 Å². The van der Waals surface area contributed by atoms with Gasteiger partial charge in [-0.3, -0.25) is 0 Å². The third-order valence-electron chi connectivity index (χ3n) is 4.04. The molecule has 3 nitrogen and oxygen atoms in total. The second-order valence-corrected chi connectivity index (χ2v) is 6.48. The monoisotopic (exact) mass is 235 g/mol. The lowest BCUT2D eigenvalue weighted by Gasteiger charge is -2.40. The molecule has 1 saturated carbocycles. The van der Waals surface area contributed by atoms with E-state index in [0.717, 1.165) is 11.5 Å². The van der Waals surface area contributed by atoms with Crippen LogP contribution in [0.3, 0.4) is 0 Å². The minimum atomic E-state index is 0.331. The lowest BCUT2D eigenvalue weighted by molar-refractivity contribution is 0.106. The predicted molar refractivity (Wildman–Crippen MR) is 71.8 cm³/mol. The zero-order valence-electron chi connectivity index (χ0n) is 11.5. The largest absolute Gasteiger partial charge is 0.384 e. The number of aryl methyl sites for hydroxylation is 1. The van der Waals surface area contributed by atoms with Crippen LogP contribution >= 0.6 is 0 Å². The van der Waals surface area contributed by atoms with Gasteiger partial charge in [0.15, 0.2) is 0 Å². The second kappa shape index (κ2) is 4.35. The van der Waals surface area contributed by atoms with E-state index >= 15 is 0 Å². The molecular formula is C14H25N3. The Kier molecular flexibility index (Phi) is 3.19. The molecule has 0 aliphatic heterocycles. The Morgan fingerprint density at radius 2 is 1.94 bits per heavy atom. The number of nitrogens with zero attached hydrogens (tertiary/aromatic N) is 2. The Labute approximate surface area is 104 Å². The van der Waals surface area contributed by atoms with E-state index in [-0.39, 0.29) is 0 Å². The summed E-state index contributed by atoms with van der Waals surface area (Å²) in [5.41, 5.74) is 7.44. The minimum Gasteiger partial charge on any atom is -0.384 e. The highest BCUT2D eigenvalue weighted by atomic mass is 15.3. The highest BCUT2D eigenvalue weighted by molar-refractivity contribution is 5.31. The van der Waals surface area contributed by atoms with Gasteiger partial charge in [-0.05, 0) is 31.1 Å². The van der Waals surface area contributed by atoms with Gasteiger partial charge < -0.3 is 5.73 Å². The van der Waals surface area contributed by atoms with Crippen LogP contribution in [0.5, 0.6) is 0 Å². The second-order valence-electron chi connectivity index (χ2n) is 6.48. The molecule has 0 amide bonds. The van der Waals surface area contributed by atoms with E-state index in [9.17, 15) is 0 Å². The highest BCUT2D eigenvalue weighted by Crippen LogP contribution is 2.44. The Morgan fingerprint density at radius 1 is 1.29 bits per heavy atom. The fraction of sp³-hybridized carbons (Fsp3) is 0.786. The van der Waals surface area contributed by atoms with Crippen molar-refractivity contribution >= 4 is 5.82 Å². The fourth-order valence-corrected chi connectivity index (χ4v) is 3.22. The Bertz CT molecular complexity index is 387. The number of anilines is 1. The maximum Gasteiger partial charge on any atom is 0.122 e. The number of rotatable bonds is 1. The molecule has 1 aliphatic rings. The van der Waals surface area contributed by atoms with Gasteiger partial charge in [0.1, 0.15) is 5.82 Å². The SMILES string of the molecule is Cc1cc(N)n(C2CCCCC2C(C)(C)C)n1. The number of aromatic nitrogens is 2. The average molecular weight is 235 g/mol. The third-order valence-corrected chi connectivity index (χ3v) is 4.04. The van der Waals surface area contributed by atoms with Crippen LogP contribution in [0, 0.1) is 18.3 Å². The summed E-state index contributed by atoms with van der Waals surface area (Å²) in [6.07, 6.45) is 5.16. The van der Waals surface area contributed by atoms with Crippen LogP contribution in [-0.2, 0) is 0 Å². The molecule has 2 unspecified atom stereocenters. The van der Waals surface area contributed by atoms with Crippen LogP contribution in [0.25, 0.3) is 0 Å². The Balaban J connectivity index is 2.31. The van der Waals surface area contributed by atoms with Gasteiger partial charge in [-0.15, -0.1) is 0 Å². The predicted octanol–water partition coefficient (Wildman–Crippen LogP) is 3.55. The first-order valence-electron chi connectivity index (χ1n) is 6.71. The van der Waals surface area contributed by atoms with Crippen molar-refractivity contribution in [1.29, 1.82) is 0 Å². The molecule has 1 aromatic rings. The van der Waals surface area contributed by atoms with Crippen molar-refractivity contribution in [1.82, 2.24) is 9.78 Å². The summed E-state index contributed by atoms with van der Waals surface area (Å²) in [6, 6.07) is 2.46. The molecule has 17 heavy (non-hydrogen) atoms. The molecular weight excluding hydrogens is 210 g/mol. The lowest BCUT2D eigenvalue weighted by atomic mass is 9.69. The van der Waals surface area contributed by atoms with E-state index in [1.807, 2.05) is 13.0 Å². The average Bonchev–Trinajstić information content (AvgIpc) is 2.56. The normalized spacial score (nSPS) is 26.1. The van der Waals surface area contributed by atoms with Gasteiger partial charge in [-0.2, -0.15) is 5.10 Å². The van der Waals surface area contributed by atoms with Crippen LogP contribution in [-0.4, -0.2) is 9.78 Å². The van der Waals surface area contributed by atoms with Crippen LogP contribution in [0.15, 0.2) is 6.07 Å². The summed E-state index contributed by atoms with van der Waals surface area (Å²) in [6.45, 7) is 9.02. The highest BCUT2D eigenvalue weighted by Gasteiger charge is 2.36. The van der Waals surface area contributed by atoms with Crippen molar-refractivity contribution in [3.05, 3.63) is 11.8 Å². The summed E-state index contributed by atoms with van der Waals surface area (Å²) >= 11 is 0. The zero-order chi connectivity index (χ0) is 12.6. The van der Waals surface area contributed by atoms with Gasteiger partial charge in [0.05, 0.1) is 11.7 Å². The van der Waals surface area contributed by atoms with Gasteiger partial charge in [-0.1, -0.05) is 33.6 Å². The van der Waals surface area contributed by atoms with Gasteiger partial charge in [0, 0.05) is 6.07 Å². The van der Waals surface area contributed by atoms with Crippen molar-refractivity contribution in [2.24, 2.45) is 11.3 Å². The number of hydrogen-bond donors (Lipinski definition) is 1. The Hall–Kier alpha value is -0.990. The number of nitrogen functional groups attached to an aromatic ring is 1. The van der Waals surface area contributed by atoms with Gasteiger partial charge >= 0.3 is 0 Å². The molecule has 1 aromatic heterocycles. The van der Waals surface area contributed by atoms with Crippen LogP contribution < -0.4 is 5.73 Å². The molecule has 2 atom stereocenters. The molecule has 0 bridgehead atoms. The van der Waals surface area contributed by atoms with Crippen molar-refractivity contribution in [2.75, 3.05) is 5.73 Å². The first-order chi connectivity index (χ1) is 7.89. The molecule has 0 radical (unpaired) electrons. The summed E-state index contributed by atoms with van der Waals surface area (Å²) in [5.74, 6) is 1.50. The first-order valence-corrected chi connectivity index (χ1v) is 6.71. The van der Waals surface area contributed by atoms with E-state index < -0.39 is 0 Å². The van der Waals surface area contributed by atoms with Crippen molar-refractivity contribution in [2.45, 2.75) is 59.4 Å². The van der Waals surface area contributed by atoms with E-state index in [1.54, 1.807) is 0 Å². The van der Waals surface area contributed by atoms with E-state index in [0.29, 0.717) is 17.4 Å². The molecule has 2 rings (SSSR count). The summed E-state index contributed by atoms with van der Waals surface area (Å²) in [5, 5.41) is 4.59. The third kappa shape index (κ3) is 2.48. The summed E-state index contributed by atoms with van der Waals surface area (Å²) in [4.78, 5) is 0. The molecule has 1 aliphatic carbocycles. The Morgan fingerprint density at radius 3 is 2.47 bits per heavy atom. The van der Waals surface area contributed by atoms with Crippen molar-refractivity contribution < 1.29 is 0 Å². The van der Waals surface area contributed by atoms with Gasteiger partial charge in [0.2, 0.25) is 0 Å². The van der Waals surface area contributed by atoms with Gasteiger partial charge in [-0.25, -0.2) is 4.68 Å². The molecule has 0 aromatic carbocycles. The molecule has 2 N–H and O–H groups in total. The minimum absolute atomic E-state index is 0.331. The van der Waals surface area contributed by atoms with Crippen LogP contribution in [0.1, 0.15) is 58.2 Å². The number of nitrogens with two attached hydrogens (primary N) is 1. The summed E-state index contributed by atoms with van der Waals surface area (Å²) < 4.78 is 2.07. The molecule has 3 heteroatoms. The molecule has 0 spiro atoms. The molecule has 1 heterocycles. The quantitative estimate of drug-likeness (QED) is 0.809. The topological polar surface area (TPSA) is 43.8 Å². The molecule has 1 fully saturated rings. The maximum absolute atomic E-state index is 6.08. The van der Waals surface area contributed by atoms with Crippen LogP contribution in [0.4, 0.5) is 5.82 Å².